The Balaban J connectivity index is 2.05. The van der Waals surface area contributed by atoms with Gasteiger partial charge in [0.25, 0.3) is 5.91 Å². The number of aromatic hydroxyl groups is 1. The Morgan fingerprint density at radius 1 is 1.19 bits per heavy atom. The van der Waals surface area contributed by atoms with Crippen molar-refractivity contribution in [2.75, 3.05) is 0 Å². The molecule has 0 saturated carbocycles. The van der Waals surface area contributed by atoms with Crippen molar-refractivity contribution in [1.29, 1.82) is 0 Å². The molecule has 0 aromatic heterocycles. The fraction of sp³-hybridized carbons (Fsp3) is 0. The highest BCUT2D eigenvalue weighted by atomic mass is 127. The van der Waals surface area contributed by atoms with E-state index >= 15 is 0 Å². The summed E-state index contributed by atoms with van der Waals surface area (Å²) in [5, 5.41) is 13.6. The zero-order valence-electron chi connectivity index (χ0n) is 10.5. The maximum atomic E-state index is 11.9. The van der Waals surface area contributed by atoms with Crippen LogP contribution in [0.15, 0.2) is 46.0 Å². The number of hydrogen-bond acceptors (Lipinski definition) is 3. The van der Waals surface area contributed by atoms with Crippen molar-refractivity contribution in [3.63, 3.8) is 0 Å². The molecular weight excluding hydrogens is 562 g/mol. The summed E-state index contributed by atoms with van der Waals surface area (Å²) in [4.78, 5) is 11.9. The molecule has 0 bridgehead atoms. The van der Waals surface area contributed by atoms with Gasteiger partial charge in [0.2, 0.25) is 0 Å². The van der Waals surface area contributed by atoms with Gasteiger partial charge in [-0.25, -0.2) is 5.43 Å². The number of nitrogens with one attached hydrogen (secondary N) is 1. The standard InChI is InChI=1S/C14H9BrI2N2O2/c15-10-3-1-9(2-4-10)14(21)19-18-7-8-5-11(16)13(20)12(17)6-8/h1-7,20H,(H,19,21)/b18-7-. The first-order chi connectivity index (χ1) is 9.97. The van der Waals surface area contributed by atoms with Crippen LogP contribution >= 0.6 is 61.1 Å². The minimum absolute atomic E-state index is 0.257. The van der Waals surface area contributed by atoms with Gasteiger partial charge in [-0.2, -0.15) is 5.10 Å². The molecule has 0 aliphatic heterocycles. The third-order valence-corrected chi connectivity index (χ3v) is 4.70. The van der Waals surface area contributed by atoms with E-state index in [0.717, 1.165) is 17.2 Å². The minimum Gasteiger partial charge on any atom is -0.506 e. The van der Waals surface area contributed by atoms with Crippen LogP contribution in [0.4, 0.5) is 0 Å². The van der Waals surface area contributed by atoms with E-state index < -0.39 is 0 Å². The van der Waals surface area contributed by atoms with Crippen molar-refractivity contribution in [3.8, 4) is 5.75 Å². The van der Waals surface area contributed by atoms with Gasteiger partial charge in [0.05, 0.1) is 13.4 Å². The average Bonchev–Trinajstić information content (AvgIpc) is 2.45. The van der Waals surface area contributed by atoms with Crippen LogP contribution in [-0.2, 0) is 0 Å². The van der Waals surface area contributed by atoms with Crippen molar-refractivity contribution in [3.05, 3.63) is 59.1 Å². The Morgan fingerprint density at radius 2 is 1.76 bits per heavy atom. The molecule has 0 aliphatic carbocycles. The number of phenolic OH excluding ortho intramolecular Hbond substituents is 1. The summed E-state index contributed by atoms with van der Waals surface area (Å²) in [6.07, 6.45) is 1.54. The Kier molecular flexibility index (Phi) is 5.99. The van der Waals surface area contributed by atoms with Crippen molar-refractivity contribution < 1.29 is 9.90 Å². The Hall–Kier alpha value is -0.680. The molecular formula is C14H9BrI2N2O2. The lowest BCUT2D eigenvalue weighted by molar-refractivity contribution is 0.0955. The zero-order valence-corrected chi connectivity index (χ0v) is 16.4. The fourth-order valence-electron chi connectivity index (χ4n) is 1.49. The highest BCUT2D eigenvalue weighted by molar-refractivity contribution is 14.1. The van der Waals surface area contributed by atoms with Crippen LogP contribution in [-0.4, -0.2) is 17.2 Å². The second-order valence-electron chi connectivity index (χ2n) is 4.04. The summed E-state index contributed by atoms with van der Waals surface area (Å²) in [6, 6.07) is 10.6. The van der Waals surface area contributed by atoms with E-state index in [9.17, 15) is 9.90 Å². The molecule has 0 saturated heterocycles. The smallest absolute Gasteiger partial charge is 0.271 e. The molecule has 2 N–H and O–H groups in total. The molecule has 7 heteroatoms. The van der Waals surface area contributed by atoms with Crippen LogP contribution in [0, 0.1) is 7.14 Å². The predicted molar refractivity (Wildman–Crippen MR) is 103 cm³/mol. The van der Waals surface area contributed by atoms with Crippen LogP contribution in [0.3, 0.4) is 0 Å². The average molecular weight is 571 g/mol. The first-order valence-electron chi connectivity index (χ1n) is 5.74. The van der Waals surface area contributed by atoms with Crippen molar-refractivity contribution in [2.24, 2.45) is 5.10 Å². The molecule has 0 spiro atoms. The lowest BCUT2D eigenvalue weighted by atomic mass is 10.2. The van der Waals surface area contributed by atoms with Crippen molar-refractivity contribution in [2.45, 2.75) is 0 Å². The molecule has 0 radical (unpaired) electrons. The third kappa shape index (κ3) is 4.65. The van der Waals surface area contributed by atoms with Crippen LogP contribution in [0.5, 0.6) is 5.75 Å². The number of hydrazone groups is 1. The number of carbonyl (C=O) groups is 1. The SMILES string of the molecule is O=C(N/N=C\c1cc(I)c(O)c(I)c1)c1ccc(Br)cc1. The largest absolute Gasteiger partial charge is 0.506 e. The van der Waals surface area contributed by atoms with Crippen LogP contribution in [0.1, 0.15) is 15.9 Å². The normalized spacial score (nSPS) is 10.8. The molecule has 2 aromatic carbocycles. The highest BCUT2D eigenvalue weighted by Gasteiger charge is 2.05. The summed E-state index contributed by atoms with van der Waals surface area (Å²) < 4.78 is 2.39. The predicted octanol–water partition coefficient (Wildman–Crippen LogP) is 4.13. The van der Waals surface area contributed by atoms with Crippen LogP contribution in [0.25, 0.3) is 0 Å². The summed E-state index contributed by atoms with van der Waals surface area (Å²) in [5.41, 5.74) is 3.80. The van der Waals surface area contributed by atoms with Gasteiger partial charge in [-0.1, -0.05) is 15.9 Å². The van der Waals surface area contributed by atoms with E-state index in [2.05, 4.69) is 26.5 Å². The van der Waals surface area contributed by atoms with Crippen LogP contribution < -0.4 is 5.43 Å². The molecule has 4 nitrogen and oxygen atoms in total. The minimum atomic E-state index is -0.276. The van der Waals surface area contributed by atoms with Gasteiger partial charge in [0, 0.05) is 10.0 Å². The van der Waals surface area contributed by atoms with Gasteiger partial charge in [0.15, 0.2) is 0 Å². The fourth-order valence-corrected chi connectivity index (χ4v) is 3.57. The van der Waals surface area contributed by atoms with Crippen molar-refractivity contribution >= 4 is 73.2 Å². The molecule has 0 heterocycles. The lowest BCUT2D eigenvalue weighted by Gasteiger charge is -2.02. The zero-order chi connectivity index (χ0) is 15.4. The monoisotopic (exact) mass is 570 g/mol. The first kappa shape index (κ1) is 16.7. The van der Waals surface area contributed by atoms with Gasteiger partial charge in [-0.3, -0.25) is 4.79 Å². The third-order valence-electron chi connectivity index (χ3n) is 2.53. The van der Waals surface area contributed by atoms with E-state index in [1.54, 1.807) is 42.6 Å². The van der Waals surface area contributed by atoms with Gasteiger partial charge in [-0.05, 0) is 87.1 Å². The number of carbonyl (C=O) groups excluding carboxylic acids is 1. The van der Waals surface area contributed by atoms with Crippen LogP contribution in [0.2, 0.25) is 0 Å². The number of hydrogen-bond donors (Lipinski definition) is 2. The Labute approximate surface area is 157 Å². The molecule has 108 valence electrons. The number of halogens is 3. The van der Waals surface area contributed by atoms with E-state index in [4.69, 9.17) is 0 Å². The van der Waals surface area contributed by atoms with Crippen molar-refractivity contribution in [1.82, 2.24) is 5.43 Å². The van der Waals surface area contributed by atoms with E-state index in [-0.39, 0.29) is 11.7 Å². The van der Waals surface area contributed by atoms with Gasteiger partial charge >= 0.3 is 0 Å². The number of amides is 1. The molecule has 21 heavy (non-hydrogen) atoms. The quantitative estimate of drug-likeness (QED) is 0.331. The number of rotatable bonds is 3. The molecule has 1 amide bonds. The van der Waals surface area contributed by atoms with E-state index in [1.807, 2.05) is 45.2 Å². The molecule has 0 fully saturated rings. The van der Waals surface area contributed by atoms with Gasteiger partial charge in [-0.15, -0.1) is 0 Å². The van der Waals surface area contributed by atoms with Gasteiger partial charge < -0.3 is 5.11 Å². The first-order valence-corrected chi connectivity index (χ1v) is 8.69. The second kappa shape index (κ2) is 7.54. The maximum Gasteiger partial charge on any atom is 0.271 e. The molecule has 0 atom stereocenters. The summed E-state index contributed by atoms with van der Waals surface area (Å²) >= 11 is 7.40. The Bertz CT molecular complexity index is 680. The molecule has 0 aliphatic rings. The second-order valence-corrected chi connectivity index (χ2v) is 7.28. The summed E-state index contributed by atoms with van der Waals surface area (Å²) in [6.45, 7) is 0. The lowest BCUT2D eigenvalue weighted by Crippen LogP contribution is -2.17. The Morgan fingerprint density at radius 3 is 2.33 bits per heavy atom. The van der Waals surface area contributed by atoms with E-state index in [0.29, 0.717) is 5.56 Å². The van der Waals surface area contributed by atoms with Gasteiger partial charge in [0.1, 0.15) is 5.75 Å². The van der Waals surface area contributed by atoms with E-state index in [1.165, 1.54) is 0 Å². The molecule has 2 aromatic rings. The topological polar surface area (TPSA) is 61.7 Å². The maximum absolute atomic E-state index is 11.9. The number of nitrogens with zero attached hydrogens (tertiary/aromatic N) is 1. The highest BCUT2D eigenvalue weighted by Crippen LogP contribution is 2.26. The molecule has 0 unspecified atom stereocenters. The summed E-state index contributed by atoms with van der Waals surface area (Å²) in [5.74, 6) is -0.0193. The summed E-state index contributed by atoms with van der Waals surface area (Å²) in [7, 11) is 0. The number of phenols is 1. The molecule has 2 rings (SSSR count). The number of benzene rings is 2.